The lowest BCUT2D eigenvalue weighted by atomic mass is 9.87. The molecular formula is C14H17F2NO3S. The molecule has 0 fully saturated rings. The molecule has 1 amide bonds. The number of carboxylic acid groups (broad SMARTS) is 1. The van der Waals surface area contributed by atoms with Crippen molar-refractivity contribution in [2.45, 2.75) is 31.7 Å². The summed E-state index contributed by atoms with van der Waals surface area (Å²) in [6.45, 7) is 5.08. The van der Waals surface area contributed by atoms with Gasteiger partial charge in [0.25, 0.3) is 0 Å². The van der Waals surface area contributed by atoms with Crippen LogP contribution in [0.5, 0.6) is 0 Å². The second-order valence-electron chi connectivity index (χ2n) is 5.57. The Morgan fingerprint density at radius 1 is 1.33 bits per heavy atom. The maximum Gasteiger partial charge on any atom is 0.326 e. The molecular weight excluding hydrogens is 300 g/mol. The molecule has 0 aromatic heterocycles. The monoisotopic (exact) mass is 317 g/mol. The highest BCUT2D eigenvalue weighted by Crippen LogP contribution is 2.23. The minimum absolute atomic E-state index is 0.134. The molecule has 1 aromatic rings. The number of carboxylic acids is 1. The van der Waals surface area contributed by atoms with Gasteiger partial charge >= 0.3 is 5.97 Å². The van der Waals surface area contributed by atoms with Crippen LogP contribution in [-0.2, 0) is 9.59 Å². The predicted octanol–water partition coefficient (Wildman–Crippen LogP) is 2.67. The molecule has 0 radical (unpaired) electrons. The van der Waals surface area contributed by atoms with Gasteiger partial charge in [-0.2, -0.15) is 0 Å². The molecule has 1 rings (SSSR count). The third kappa shape index (κ3) is 5.34. The van der Waals surface area contributed by atoms with Gasteiger partial charge in [-0.05, 0) is 17.5 Å². The van der Waals surface area contributed by atoms with Gasteiger partial charge < -0.3 is 10.4 Å². The van der Waals surface area contributed by atoms with E-state index in [0.717, 1.165) is 23.9 Å². The van der Waals surface area contributed by atoms with Crippen molar-refractivity contribution in [1.82, 2.24) is 5.32 Å². The minimum atomic E-state index is -1.13. The van der Waals surface area contributed by atoms with E-state index in [4.69, 9.17) is 5.11 Å². The number of carbonyl (C=O) groups is 2. The van der Waals surface area contributed by atoms with E-state index in [9.17, 15) is 18.4 Å². The molecule has 2 N–H and O–H groups in total. The van der Waals surface area contributed by atoms with Gasteiger partial charge in [-0.1, -0.05) is 20.8 Å². The third-order valence-electron chi connectivity index (χ3n) is 2.67. The van der Waals surface area contributed by atoms with E-state index >= 15 is 0 Å². The molecule has 1 atom stereocenters. The molecule has 21 heavy (non-hydrogen) atoms. The van der Waals surface area contributed by atoms with Crippen molar-refractivity contribution < 1.29 is 23.5 Å². The van der Waals surface area contributed by atoms with E-state index < -0.39 is 35.0 Å². The van der Waals surface area contributed by atoms with Gasteiger partial charge in [0.2, 0.25) is 5.91 Å². The number of rotatable bonds is 5. The van der Waals surface area contributed by atoms with Crippen molar-refractivity contribution in [3.05, 3.63) is 29.8 Å². The zero-order valence-corrected chi connectivity index (χ0v) is 12.8. The molecule has 1 aromatic carbocycles. The number of thioether (sulfide) groups is 1. The fourth-order valence-corrected chi connectivity index (χ4v) is 2.32. The number of carbonyl (C=O) groups excluding carboxylic acids is 1. The second-order valence-corrected chi connectivity index (χ2v) is 6.59. The summed E-state index contributed by atoms with van der Waals surface area (Å²) >= 11 is 0.882. The van der Waals surface area contributed by atoms with Crippen molar-refractivity contribution in [3.63, 3.8) is 0 Å². The zero-order valence-electron chi connectivity index (χ0n) is 11.9. The van der Waals surface area contributed by atoms with Gasteiger partial charge in [0.1, 0.15) is 17.7 Å². The first-order chi connectivity index (χ1) is 9.61. The molecule has 0 bridgehead atoms. The number of amides is 1. The lowest BCUT2D eigenvalue weighted by Crippen LogP contribution is -2.49. The highest BCUT2D eigenvalue weighted by molar-refractivity contribution is 8.00. The number of hydrogen-bond donors (Lipinski definition) is 2. The van der Waals surface area contributed by atoms with Crippen LogP contribution in [0.4, 0.5) is 8.78 Å². The first-order valence-electron chi connectivity index (χ1n) is 6.21. The lowest BCUT2D eigenvalue weighted by Gasteiger charge is -2.27. The summed E-state index contributed by atoms with van der Waals surface area (Å²) < 4.78 is 26.1. The Labute approximate surface area is 125 Å². The summed E-state index contributed by atoms with van der Waals surface area (Å²) in [6.07, 6.45) is 0. The van der Waals surface area contributed by atoms with Crippen LogP contribution in [-0.4, -0.2) is 28.8 Å². The van der Waals surface area contributed by atoms with Crippen LogP contribution in [0.1, 0.15) is 20.8 Å². The quantitative estimate of drug-likeness (QED) is 0.820. The van der Waals surface area contributed by atoms with Crippen LogP contribution >= 0.6 is 11.8 Å². The smallest absolute Gasteiger partial charge is 0.326 e. The third-order valence-corrected chi connectivity index (χ3v) is 3.72. The Bertz CT molecular complexity index is 544. The maximum absolute atomic E-state index is 13.4. The van der Waals surface area contributed by atoms with Crippen LogP contribution in [0.3, 0.4) is 0 Å². The molecule has 116 valence electrons. The molecule has 0 aliphatic carbocycles. The molecule has 0 saturated carbocycles. The summed E-state index contributed by atoms with van der Waals surface area (Å²) in [6, 6.07) is 2.03. The van der Waals surface area contributed by atoms with Crippen LogP contribution < -0.4 is 5.32 Å². The van der Waals surface area contributed by atoms with Gasteiger partial charge in [0.15, 0.2) is 0 Å². The first-order valence-corrected chi connectivity index (χ1v) is 7.20. The normalized spacial score (nSPS) is 12.8. The highest BCUT2D eigenvalue weighted by Gasteiger charge is 2.32. The van der Waals surface area contributed by atoms with E-state index in [1.807, 2.05) is 0 Å². The van der Waals surface area contributed by atoms with Crippen LogP contribution in [0.25, 0.3) is 0 Å². The van der Waals surface area contributed by atoms with E-state index in [1.165, 1.54) is 6.07 Å². The molecule has 0 heterocycles. The highest BCUT2D eigenvalue weighted by atomic mass is 32.2. The summed E-state index contributed by atoms with van der Waals surface area (Å²) in [5, 5.41) is 11.5. The number of aliphatic carboxylic acids is 1. The minimum Gasteiger partial charge on any atom is -0.480 e. The van der Waals surface area contributed by atoms with Crippen molar-refractivity contribution >= 4 is 23.6 Å². The average molecular weight is 317 g/mol. The van der Waals surface area contributed by atoms with Crippen molar-refractivity contribution in [2.24, 2.45) is 5.41 Å². The standard InChI is InChI=1S/C14H17F2NO3S/c1-14(2,3)12(13(19)20)17-11(18)7-21-10-5-4-8(15)6-9(10)16/h4-6,12H,7H2,1-3H3,(H,17,18)(H,19,20). The van der Waals surface area contributed by atoms with E-state index in [2.05, 4.69) is 5.32 Å². The average Bonchev–Trinajstić information content (AvgIpc) is 2.33. The number of halogens is 2. The Morgan fingerprint density at radius 2 is 1.95 bits per heavy atom. The fraction of sp³-hybridized carbons (Fsp3) is 0.429. The molecule has 4 nitrogen and oxygen atoms in total. The number of benzene rings is 1. The number of nitrogens with one attached hydrogen (secondary N) is 1. The predicted molar refractivity (Wildman–Crippen MR) is 76.1 cm³/mol. The molecule has 0 saturated heterocycles. The summed E-state index contributed by atoms with van der Waals surface area (Å²) in [5.74, 6) is -3.25. The maximum atomic E-state index is 13.4. The largest absolute Gasteiger partial charge is 0.480 e. The van der Waals surface area contributed by atoms with Crippen molar-refractivity contribution in [1.29, 1.82) is 0 Å². The number of hydrogen-bond acceptors (Lipinski definition) is 3. The van der Waals surface area contributed by atoms with Gasteiger partial charge in [0.05, 0.1) is 5.75 Å². The summed E-state index contributed by atoms with van der Waals surface area (Å²) in [4.78, 5) is 23.0. The summed E-state index contributed by atoms with van der Waals surface area (Å²) in [7, 11) is 0. The van der Waals surface area contributed by atoms with Crippen LogP contribution in [0.2, 0.25) is 0 Å². The van der Waals surface area contributed by atoms with Crippen molar-refractivity contribution in [3.8, 4) is 0 Å². The van der Waals surface area contributed by atoms with Crippen LogP contribution in [0, 0.1) is 17.0 Å². The van der Waals surface area contributed by atoms with Crippen LogP contribution in [0.15, 0.2) is 23.1 Å². The zero-order chi connectivity index (χ0) is 16.2. The molecule has 0 spiro atoms. The van der Waals surface area contributed by atoms with Gasteiger partial charge in [-0.25, -0.2) is 13.6 Å². The van der Waals surface area contributed by atoms with Gasteiger partial charge in [0, 0.05) is 11.0 Å². The lowest BCUT2D eigenvalue weighted by molar-refractivity contribution is -0.144. The van der Waals surface area contributed by atoms with E-state index in [-0.39, 0.29) is 10.6 Å². The first kappa shape index (κ1) is 17.4. The Kier molecular flexibility index (Phi) is 5.71. The van der Waals surface area contributed by atoms with E-state index in [1.54, 1.807) is 20.8 Å². The Morgan fingerprint density at radius 3 is 2.43 bits per heavy atom. The molecule has 0 aliphatic heterocycles. The van der Waals surface area contributed by atoms with Crippen molar-refractivity contribution in [2.75, 3.05) is 5.75 Å². The Hall–Kier alpha value is -1.63. The fourth-order valence-electron chi connectivity index (χ4n) is 1.59. The molecule has 1 unspecified atom stereocenters. The topological polar surface area (TPSA) is 66.4 Å². The van der Waals surface area contributed by atoms with Gasteiger partial charge in [-0.3, -0.25) is 4.79 Å². The SMILES string of the molecule is CC(C)(C)C(NC(=O)CSc1ccc(F)cc1F)C(=O)O. The van der Waals surface area contributed by atoms with Gasteiger partial charge in [-0.15, -0.1) is 11.8 Å². The molecule has 0 aliphatic rings. The Balaban J connectivity index is 2.63. The van der Waals surface area contributed by atoms with E-state index in [0.29, 0.717) is 0 Å². The summed E-state index contributed by atoms with van der Waals surface area (Å²) in [5.41, 5.74) is -0.646. The second kappa shape index (κ2) is 6.89. The molecule has 7 heteroatoms.